The first-order valence-electron chi connectivity index (χ1n) is 12.1. The lowest BCUT2D eigenvalue weighted by Crippen LogP contribution is -2.52. The third kappa shape index (κ3) is 5.85. The molecule has 1 heterocycles. The molecule has 1 saturated carbocycles. The molecule has 1 aliphatic heterocycles. The molecule has 1 amide bonds. The fourth-order valence-electron chi connectivity index (χ4n) is 4.95. The second-order valence-electron chi connectivity index (χ2n) is 9.55. The van der Waals surface area contributed by atoms with Gasteiger partial charge in [-0.05, 0) is 61.6 Å². The molecule has 0 radical (unpaired) electrons. The highest BCUT2D eigenvalue weighted by molar-refractivity contribution is 5.88. The van der Waals surface area contributed by atoms with Crippen molar-refractivity contribution in [1.29, 1.82) is 5.26 Å². The molecule has 4 N–H and O–H groups in total. The molecular formula is C27H31N3O6. The molecule has 1 aliphatic carbocycles. The topological polar surface area (TPSA) is 141 Å². The number of aliphatic hydroxyl groups excluding tert-OH is 1. The molecule has 2 aliphatic rings. The lowest BCUT2D eigenvalue weighted by Gasteiger charge is -2.48. The largest absolute Gasteiger partial charge is 0.487 e. The number of nitrogens with one attached hydrogen (secondary N) is 2. The SMILES string of the molecule is COCC(=O)N[C@@H](Cc1cccc(C#N)c1)[C@H](O)CN[C@H]1CC2(CCC2)Oc2ccc(C(=O)O)cc21. The number of hydrogen-bond acceptors (Lipinski definition) is 7. The number of amides is 1. The monoisotopic (exact) mass is 493 g/mol. The van der Waals surface area contributed by atoms with Gasteiger partial charge in [-0.3, -0.25) is 4.79 Å². The van der Waals surface area contributed by atoms with Crippen molar-refractivity contribution in [3.63, 3.8) is 0 Å². The van der Waals surface area contributed by atoms with E-state index >= 15 is 0 Å². The van der Waals surface area contributed by atoms with Crippen LogP contribution in [0.15, 0.2) is 42.5 Å². The van der Waals surface area contributed by atoms with Gasteiger partial charge in [-0.2, -0.15) is 5.26 Å². The van der Waals surface area contributed by atoms with Gasteiger partial charge in [0.1, 0.15) is 18.0 Å². The second-order valence-corrected chi connectivity index (χ2v) is 9.55. The van der Waals surface area contributed by atoms with Gasteiger partial charge in [0.15, 0.2) is 0 Å². The minimum Gasteiger partial charge on any atom is -0.487 e. The Labute approximate surface area is 210 Å². The lowest BCUT2D eigenvalue weighted by atomic mass is 9.72. The summed E-state index contributed by atoms with van der Waals surface area (Å²) in [5, 5.41) is 36.0. The van der Waals surface area contributed by atoms with Crippen molar-refractivity contribution in [2.45, 2.75) is 55.9 Å². The van der Waals surface area contributed by atoms with Crippen LogP contribution in [0.3, 0.4) is 0 Å². The predicted molar refractivity (Wildman–Crippen MR) is 131 cm³/mol. The van der Waals surface area contributed by atoms with Crippen LogP contribution in [0, 0.1) is 11.3 Å². The number of benzene rings is 2. The summed E-state index contributed by atoms with van der Waals surface area (Å²) in [6.45, 7) is 0.0239. The molecular weight excluding hydrogens is 462 g/mol. The van der Waals surface area contributed by atoms with Gasteiger partial charge in [0, 0.05) is 31.7 Å². The predicted octanol–water partition coefficient (Wildman–Crippen LogP) is 2.33. The van der Waals surface area contributed by atoms with Gasteiger partial charge in [-0.25, -0.2) is 4.79 Å². The van der Waals surface area contributed by atoms with Crippen LogP contribution in [0.2, 0.25) is 0 Å². The first-order valence-corrected chi connectivity index (χ1v) is 12.1. The molecule has 0 bridgehead atoms. The average molecular weight is 494 g/mol. The molecule has 9 heteroatoms. The zero-order chi connectivity index (χ0) is 25.7. The molecule has 4 rings (SSSR count). The Hall–Kier alpha value is -3.45. The Morgan fingerprint density at radius 1 is 1.28 bits per heavy atom. The van der Waals surface area contributed by atoms with E-state index in [2.05, 4.69) is 16.7 Å². The normalized spacial score (nSPS) is 19.2. The van der Waals surface area contributed by atoms with Crippen LogP contribution in [0.1, 0.15) is 58.8 Å². The number of nitrogens with zero attached hydrogens (tertiary/aromatic N) is 1. The van der Waals surface area contributed by atoms with E-state index in [1.165, 1.54) is 7.11 Å². The molecule has 36 heavy (non-hydrogen) atoms. The summed E-state index contributed by atoms with van der Waals surface area (Å²) in [6.07, 6.45) is 2.97. The summed E-state index contributed by atoms with van der Waals surface area (Å²) >= 11 is 0. The number of carboxylic acids is 1. The average Bonchev–Trinajstić information content (AvgIpc) is 2.85. The van der Waals surface area contributed by atoms with Crippen LogP contribution < -0.4 is 15.4 Å². The van der Waals surface area contributed by atoms with Crippen LogP contribution in [0.4, 0.5) is 0 Å². The van der Waals surface area contributed by atoms with E-state index in [4.69, 9.17) is 9.47 Å². The number of carboxylic acid groups (broad SMARTS) is 1. The number of aliphatic hydroxyl groups is 1. The van der Waals surface area contributed by atoms with Crippen molar-refractivity contribution in [3.8, 4) is 11.8 Å². The summed E-state index contributed by atoms with van der Waals surface area (Å²) in [7, 11) is 1.42. The number of nitriles is 1. The third-order valence-corrected chi connectivity index (χ3v) is 6.97. The zero-order valence-electron chi connectivity index (χ0n) is 20.2. The highest BCUT2D eigenvalue weighted by Gasteiger charge is 2.45. The molecule has 1 spiro atoms. The number of fused-ring (bicyclic) bond motifs is 1. The minimum absolute atomic E-state index is 0.136. The molecule has 0 unspecified atom stereocenters. The summed E-state index contributed by atoms with van der Waals surface area (Å²) in [4.78, 5) is 23.8. The quantitative estimate of drug-likeness (QED) is 0.395. The molecule has 0 saturated heterocycles. The number of rotatable bonds is 10. The summed E-state index contributed by atoms with van der Waals surface area (Å²) < 4.78 is 11.2. The first kappa shape index (κ1) is 25.6. The maximum absolute atomic E-state index is 12.3. The van der Waals surface area contributed by atoms with Gasteiger partial charge >= 0.3 is 5.97 Å². The van der Waals surface area contributed by atoms with Gasteiger partial charge in [0.2, 0.25) is 5.91 Å². The Bertz CT molecular complexity index is 1160. The fourth-order valence-corrected chi connectivity index (χ4v) is 4.95. The van der Waals surface area contributed by atoms with Crippen molar-refractivity contribution in [3.05, 3.63) is 64.7 Å². The molecule has 2 aromatic carbocycles. The molecule has 9 nitrogen and oxygen atoms in total. The van der Waals surface area contributed by atoms with Crippen LogP contribution in [0.25, 0.3) is 0 Å². The Balaban J connectivity index is 1.51. The lowest BCUT2D eigenvalue weighted by molar-refractivity contribution is -0.126. The van der Waals surface area contributed by atoms with E-state index in [0.717, 1.165) is 30.4 Å². The number of carbonyl (C=O) groups excluding carboxylic acids is 1. The van der Waals surface area contributed by atoms with E-state index in [1.807, 2.05) is 6.07 Å². The molecule has 0 aromatic heterocycles. The summed E-state index contributed by atoms with van der Waals surface area (Å²) in [5.41, 5.74) is 1.97. The fraction of sp³-hybridized carbons (Fsp3) is 0.444. The van der Waals surface area contributed by atoms with Gasteiger partial charge < -0.3 is 30.3 Å². The number of ether oxygens (including phenoxy) is 2. The third-order valence-electron chi connectivity index (χ3n) is 6.97. The van der Waals surface area contributed by atoms with Crippen LogP contribution >= 0.6 is 0 Å². The van der Waals surface area contributed by atoms with E-state index in [0.29, 0.717) is 24.2 Å². The standard InChI is InChI=1S/C27H31N3O6/c1-35-16-25(32)30-21(11-17-4-2-5-18(10-17)14-28)23(31)15-29-22-13-27(8-3-9-27)36-24-7-6-19(26(33)34)12-20(22)24/h2,4-7,10,12,21-23,29,31H,3,8-9,11,13,15-16H2,1H3,(H,30,32)(H,33,34)/t21-,22-,23+/m0/s1. The van der Waals surface area contributed by atoms with Crippen molar-refractivity contribution in [1.82, 2.24) is 10.6 Å². The van der Waals surface area contributed by atoms with Crippen molar-refractivity contribution >= 4 is 11.9 Å². The van der Waals surface area contributed by atoms with Crippen LogP contribution in [-0.2, 0) is 16.0 Å². The first-order chi connectivity index (χ1) is 17.3. The highest BCUT2D eigenvalue weighted by atomic mass is 16.5. The minimum atomic E-state index is -1.01. The number of aromatic carboxylic acids is 1. The zero-order valence-corrected chi connectivity index (χ0v) is 20.2. The Kier molecular flexibility index (Phi) is 7.89. The van der Waals surface area contributed by atoms with Crippen LogP contribution in [0.5, 0.6) is 5.75 Å². The van der Waals surface area contributed by atoms with E-state index in [-0.39, 0.29) is 36.3 Å². The maximum Gasteiger partial charge on any atom is 0.335 e. The second kappa shape index (κ2) is 11.1. The molecule has 3 atom stereocenters. The molecule has 1 fully saturated rings. The number of hydrogen-bond donors (Lipinski definition) is 4. The van der Waals surface area contributed by atoms with Gasteiger partial charge in [-0.15, -0.1) is 0 Å². The van der Waals surface area contributed by atoms with E-state index < -0.39 is 18.1 Å². The van der Waals surface area contributed by atoms with Gasteiger partial charge in [0.05, 0.1) is 29.3 Å². The van der Waals surface area contributed by atoms with Crippen molar-refractivity contribution in [2.24, 2.45) is 0 Å². The van der Waals surface area contributed by atoms with Gasteiger partial charge in [-0.1, -0.05) is 12.1 Å². The number of carbonyl (C=O) groups is 2. The maximum atomic E-state index is 12.3. The summed E-state index contributed by atoms with van der Waals surface area (Å²) in [6, 6.07) is 13.2. The Morgan fingerprint density at radius 2 is 2.08 bits per heavy atom. The molecule has 190 valence electrons. The Morgan fingerprint density at radius 3 is 2.75 bits per heavy atom. The highest BCUT2D eigenvalue weighted by Crippen LogP contribution is 2.49. The number of methoxy groups -OCH3 is 1. The van der Waals surface area contributed by atoms with Crippen LogP contribution in [-0.4, -0.2) is 60.1 Å². The van der Waals surface area contributed by atoms with Crippen molar-refractivity contribution in [2.75, 3.05) is 20.3 Å². The van der Waals surface area contributed by atoms with Gasteiger partial charge in [0.25, 0.3) is 0 Å². The smallest absolute Gasteiger partial charge is 0.335 e. The molecule has 2 aromatic rings. The van der Waals surface area contributed by atoms with E-state index in [9.17, 15) is 25.1 Å². The summed E-state index contributed by atoms with van der Waals surface area (Å²) in [5.74, 6) is -0.703. The van der Waals surface area contributed by atoms with E-state index in [1.54, 1.807) is 36.4 Å². The van der Waals surface area contributed by atoms with Crippen molar-refractivity contribution < 1.29 is 29.3 Å².